The van der Waals surface area contributed by atoms with Crippen molar-refractivity contribution in [3.8, 4) is 0 Å². The summed E-state index contributed by atoms with van der Waals surface area (Å²) in [5.74, 6) is 0.847. The van der Waals surface area contributed by atoms with Crippen molar-refractivity contribution in [3.63, 3.8) is 0 Å². The molecule has 1 fully saturated rings. The van der Waals surface area contributed by atoms with Crippen LogP contribution >= 0.6 is 11.6 Å². The fourth-order valence-electron chi connectivity index (χ4n) is 1.64. The topological polar surface area (TPSA) is 20.3 Å². The molecule has 3 heteroatoms. The summed E-state index contributed by atoms with van der Waals surface area (Å²) >= 11 is 5.97. The molecule has 0 radical (unpaired) electrons. The molecule has 2 rings (SSSR count). The third-order valence-electron chi connectivity index (χ3n) is 2.78. The molecule has 0 aromatic heterocycles. The predicted octanol–water partition coefficient (Wildman–Crippen LogP) is 3.00. The van der Waals surface area contributed by atoms with Crippen LogP contribution in [0.15, 0.2) is 18.2 Å². The van der Waals surface area contributed by atoms with Crippen LogP contribution in [0.4, 0.5) is 5.69 Å². The highest BCUT2D eigenvalue weighted by molar-refractivity contribution is 6.33. The summed E-state index contributed by atoms with van der Waals surface area (Å²) in [6.07, 6.45) is 3.46. The van der Waals surface area contributed by atoms with Crippen molar-refractivity contribution in [2.45, 2.75) is 12.8 Å². The Morgan fingerprint density at radius 2 is 2.27 bits per heavy atom. The van der Waals surface area contributed by atoms with E-state index in [-0.39, 0.29) is 0 Å². The number of carbonyl (C=O) groups excluding carboxylic acids is 1. The van der Waals surface area contributed by atoms with E-state index in [4.69, 9.17) is 11.6 Å². The van der Waals surface area contributed by atoms with Gasteiger partial charge < -0.3 is 4.90 Å². The van der Waals surface area contributed by atoms with Crippen LogP contribution in [-0.4, -0.2) is 19.9 Å². The van der Waals surface area contributed by atoms with Crippen molar-refractivity contribution in [3.05, 3.63) is 28.8 Å². The average molecular weight is 224 g/mol. The quantitative estimate of drug-likeness (QED) is 0.732. The van der Waals surface area contributed by atoms with Gasteiger partial charge in [0.1, 0.15) is 0 Å². The van der Waals surface area contributed by atoms with Crippen molar-refractivity contribution in [1.29, 1.82) is 0 Å². The van der Waals surface area contributed by atoms with Gasteiger partial charge in [0.2, 0.25) is 0 Å². The Labute approximate surface area is 94.8 Å². The highest BCUT2D eigenvalue weighted by Gasteiger charge is 2.23. The molecule has 0 saturated heterocycles. The van der Waals surface area contributed by atoms with Gasteiger partial charge in [-0.05, 0) is 37.0 Å². The van der Waals surface area contributed by atoms with Crippen LogP contribution in [0.25, 0.3) is 0 Å². The lowest BCUT2D eigenvalue weighted by Crippen LogP contribution is -2.19. The number of hydrogen-bond acceptors (Lipinski definition) is 2. The normalized spacial score (nSPS) is 15.1. The average Bonchev–Trinajstić information content (AvgIpc) is 3.01. The third kappa shape index (κ3) is 2.51. The standard InChI is InChI=1S/C12H14ClNO/c1-14(7-9-2-3-9)11-5-4-10(8-15)12(13)6-11/h4-6,8-9H,2-3,7H2,1H3. The van der Waals surface area contributed by atoms with E-state index in [0.717, 1.165) is 24.4 Å². The van der Waals surface area contributed by atoms with Gasteiger partial charge in [-0.3, -0.25) is 4.79 Å². The zero-order chi connectivity index (χ0) is 10.8. The fourth-order valence-corrected chi connectivity index (χ4v) is 1.86. The lowest BCUT2D eigenvalue weighted by Gasteiger charge is -2.19. The first-order valence-electron chi connectivity index (χ1n) is 5.16. The maximum absolute atomic E-state index is 10.6. The van der Waals surface area contributed by atoms with E-state index < -0.39 is 0 Å². The zero-order valence-electron chi connectivity index (χ0n) is 8.74. The van der Waals surface area contributed by atoms with Crippen molar-refractivity contribution < 1.29 is 4.79 Å². The molecule has 0 N–H and O–H groups in total. The molecule has 0 aliphatic heterocycles. The number of aldehydes is 1. The lowest BCUT2D eigenvalue weighted by molar-refractivity contribution is 0.112. The Morgan fingerprint density at radius 1 is 1.53 bits per heavy atom. The summed E-state index contributed by atoms with van der Waals surface area (Å²) in [6, 6.07) is 5.57. The first-order chi connectivity index (χ1) is 7.20. The second-order valence-electron chi connectivity index (χ2n) is 4.15. The second kappa shape index (κ2) is 4.23. The highest BCUT2D eigenvalue weighted by Crippen LogP contribution is 2.31. The predicted molar refractivity (Wildman–Crippen MR) is 62.8 cm³/mol. The molecule has 0 amide bonds. The molecule has 1 aromatic rings. The SMILES string of the molecule is CN(CC1CC1)c1ccc(C=O)c(Cl)c1. The molecular weight excluding hydrogens is 210 g/mol. The fraction of sp³-hybridized carbons (Fsp3) is 0.417. The molecule has 2 nitrogen and oxygen atoms in total. The summed E-state index contributed by atoms with van der Waals surface area (Å²) in [4.78, 5) is 12.8. The van der Waals surface area contributed by atoms with Crippen LogP contribution in [0.2, 0.25) is 5.02 Å². The molecular formula is C12H14ClNO. The largest absolute Gasteiger partial charge is 0.374 e. The monoisotopic (exact) mass is 223 g/mol. The zero-order valence-corrected chi connectivity index (χ0v) is 9.50. The smallest absolute Gasteiger partial charge is 0.151 e. The highest BCUT2D eigenvalue weighted by atomic mass is 35.5. The van der Waals surface area contributed by atoms with Gasteiger partial charge in [-0.25, -0.2) is 0 Å². The van der Waals surface area contributed by atoms with Gasteiger partial charge in [-0.1, -0.05) is 11.6 Å². The van der Waals surface area contributed by atoms with E-state index in [2.05, 4.69) is 11.9 Å². The van der Waals surface area contributed by atoms with E-state index in [1.54, 1.807) is 6.07 Å². The van der Waals surface area contributed by atoms with Crippen LogP contribution in [0.1, 0.15) is 23.2 Å². The molecule has 0 heterocycles. The minimum absolute atomic E-state index is 0.533. The number of carbonyl (C=O) groups is 1. The summed E-state index contributed by atoms with van der Waals surface area (Å²) in [5, 5.41) is 0.533. The maximum Gasteiger partial charge on any atom is 0.151 e. The van der Waals surface area contributed by atoms with E-state index in [0.29, 0.717) is 10.6 Å². The molecule has 1 saturated carbocycles. The van der Waals surface area contributed by atoms with Crippen molar-refractivity contribution in [2.24, 2.45) is 5.92 Å². The van der Waals surface area contributed by atoms with E-state index in [1.165, 1.54) is 12.8 Å². The molecule has 15 heavy (non-hydrogen) atoms. The van der Waals surface area contributed by atoms with Gasteiger partial charge in [-0.15, -0.1) is 0 Å². The van der Waals surface area contributed by atoms with E-state index in [9.17, 15) is 4.79 Å². The Balaban J connectivity index is 2.13. The molecule has 0 spiro atoms. The Hall–Kier alpha value is -1.02. The Bertz CT molecular complexity index is 374. The van der Waals surface area contributed by atoms with Gasteiger partial charge in [0, 0.05) is 24.8 Å². The van der Waals surface area contributed by atoms with Gasteiger partial charge in [0.25, 0.3) is 0 Å². The van der Waals surface area contributed by atoms with E-state index in [1.807, 2.05) is 12.1 Å². The number of anilines is 1. The number of rotatable bonds is 4. The molecule has 1 aromatic carbocycles. The Kier molecular flexibility index (Phi) is 2.96. The van der Waals surface area contributed by atoms with Crippen LogP contribution in [-0.2, 0) is 0 Å². The minimum Gasteiger partial charge on any atom is -0.374 e. The summed E-state index contributed by atoms with van der Waals surface area (Å²) < 4.78 is 0. The minimum atomic E-state index is 0.533. The van der Waals surface area contributed by atoms with Gasteiger partial charge >= 0.3 is 0 Å². The first-order valence-corrected chi connectivity index (χ1v) is 5.54. The molecule has 1 aliphatic carbocycles. The molecule has 0 bridgehead atoms. The van der Waals surface area contributed by atoms with Crippen molar-refractivity contribution in [1.82, 2.24) is 0 Å². The molecule has 1 aliphatic rings. The van der Waals surface area contributed by atoms with Crippen LogP contribution < -0.4 is 4.90 Å². The number of nitrogens with zero attached hydrogens (tertiary/aromatic N) is 1. The second-order valence-corrected chi connectivity index (χ2v) is 4.55. The van der Waals surface area contributed by atoms with Gasteiger partial charge in [0.05, 0.1) is 5.02 Å². The summed E-state index contributed by atoms with van der Waals surface area (Å²) in [7, 11) is 2.06. The number of halogens is 1. The lowest BCUT2D eigenvalue weighted by atomic mass is 10.2. The third-order valence-corrected chi connectivity index (χ3v) is 3.11. The van der Waals surface area contributed by atoms with Gasteiger partial charge in [-0.2, -0.15) is 0 Å². The first kappa shape index (κ1) is 10.5. The van der Waals surface area contributed by atoms with E-state index >= 15 is 0 Å². The maximum atomic E-state index is 10.6. The molecule has 0 atom stereocenters. The Morgan fingerprint density at radius 3 is 2.80 bits per heavy atom. The van der Waals surface area contributed by atoms with Crippen LogP contribution in [0, 0.1) is 5.92 Å². The van der Waals surface area contributed by atoms with Crippen LogP contribution in [0.3, 0.4) is 0 Å². The number of benzene rings is 1. The summed E-state index contributed by atoms with van der Waals surface area (Å²) in [6.45, 7) is 1.08. The number of hydrogen-bond donors (Lipinski definition) is 0. The molecule has 0 unspecified atom stereocenters. The molecule has 80 valence electrons. The van der Waals surface area contributed by atoms with Crippen molar-refractivity contribution in [2.75, 3.05) is 18.5 Å². The van der Waals surface area contributed by atoms with Gasteiger partial charge in [0.15, 0.2) is 6.29 Å². The van der Waals surface area contributed by atoms with Crippen molar-refractivity contribution >= 4 is 23.6 Å². The summed E-state index contributed by atoms with van der Waals surface area (Å²) in [5.41, 5.74) is 1.64. The van der Waals surface area contributed by atoms with Crippen LogP contribution in [0.5, 0.6) is 0 Å².